The number of hydrogen-bond acceptors (Lipinski definition) is 3. The van der Waals surface area contributed by atoms with Crippen molar-refractivity contribution in [2.75, 3.05) is 18.7 Å². The molecule has 0 aliphatic heterocycles. The molecule has 2 rings (SSSR count). The molecule has 2 aromatic rings. The van der Waals surface area contributed by atoms with Crippen LogP contribution in [0, 0.1) is 0 Å². The molecule has 1 N–H and O–H groups in total. The Morgan fingerprint density at radius 3 is 2.76 bits per heavy atom. The minimum absolute atomic E-state index is 0.466. The van der Waals surface area contributed by atoms with Crippen molar-refractivity contribution in [3.05, 3.63) is 58.6 Å². The summed E-state index contributed by atoms with van der Waals surface area (Å²) >= 11 is 6.12. The lowest BCUT2D eigenvalue weighted by Gasteiger charge is -2.10. The molecule has 3 nitrogen and oxygen atoms in total. The van der Waals surface area contributed by atoms with E-state index in [-0.39, 0.29) is 0 Å². The van der Waals surface area contributed by atoms with Crippen LogP contribution in [0.25, 0.3) is 0 Å². The van der Waals surface area contributed by atoms with E-state index < -0.39 is 10.8 Å². The molecule has 0 fully saturated rings. The number of hydrogen-bond donors (Lipinski definition) is 1. The Morgan fingerprint density at radius 2 is 2.05 bits per heavy atom. The van der Waals surface area contributed by atoms with E-state index in [1.165, 1.54) is 0 Å². The van der Waals surface area contributed by atoms with Gasteiger partial charge in [-0.3, -0.25) is 4.21 Å². The molecule has 1 unspecified atom stereocenters. The van der Waals surface area contributed by atoms with Crippen molar-refractivity contribution in [1.29, 1.82) is 0 Å². The van der Waals surface area contributed by atoms with Crippen LogP contribution >= 0.6 is 11.6 Å². The lowest BCUT2D eigenvalue weighted by atomic mass is 10.2. The van der Waals surface area contributed by atoms with Gasteiger partial charge in [0.2, 0.25) is 0 Å². The highest BCUT2D eigenvalue weighted by Gasteiger charge is 2.04. The van der Waals surface area contributed by atoms with Crippen LogP contribution in [0.3, 0.4) is 0 Å². The first-order valence-corrected chi connectivity index (χ1v) is 8.64. The number of rotatable bonds is 6. The maximum atomic E-state index is 11.3. The van der Waals surface area contributed by atoms with Gasteiger partial charge >= 0.3 is 0 Å². The summed E-state index contributed by atoms with van der Waals surface area (Å²) in [5.41, 5.74) is 2.99. The molecule has 5 heteroatoms. The first kappa shape index (κ1) is 15.9. The van der Waals surface area contributed by atoms with E-state index in [1.807, 2.05) is 42.5 Å². The molecular weight excluding hydrogens is 306 g/mol. The quantitative estimate of drug-likeness (QED) is 0.877. The monoisotopic (exact) mass is 323 g/mol. The molecule has 0 spiro atoms. The fraction of sp³-hybridized carbons (Fsp3) is 0.250. The Hall–Kier alpha value is -1.52. The van der Waals surface area contributed by atoms with E-state index in [2.05, 4.69) is 5.32 Å². The number of halogens is 1. The molecular formula is C16H18ClNO2S. The summed E-state index contributed by atoms with van der Waals surface area (Å²) in [5.74, 6) is 1.31. The van der Waals surface area contributed by atoms with E-state index in [0.29, 0.717) is 17.3 Å². The van der Waals surface area contributed by atoms with Crippen LogP contribution in [0.1, 0.15) is 11.1 Å². The van der Waals surface area contributed by atoms with E-state index >= 15 is 0 Å². The fourth-order valence-corrected chi connectivity index (χ4v) is 2.94. The van der Waals surface area contributed by atoms with Gasteiger partial charge in [-0.05, 0) is 41.5 Å². The zero-order chi connectivity index (χ0) is 15.2. The van der Waals surface area contributed by atoms with Crippen LogP contribution < -0.4 is 10.1 Å². The lowest BCUT2D eigenvalue weighted by Crippen LogP contribution is -2.01. The van der Waals surface area contributed by atoms with Gasteiger partial charge < -0.3 is 10.1 Å². The number of methoxy groups -OCH3 is 1. The van der Waals surface area contributed by atoms with Gasteiger partial charge in [-0.25, -0.2) is 0 Å². The summed E-state index contributed by atoms with van der Waals surface area (Å²) in [6, 6.07) is 13.6. The van der Waals surface area contributed by atoms with Crippen LogP contribution in [0.5, 0.6) is 5.75 Å². The topological polar surface area (TPSA) is 38.3 Å². The predicted molar refractivity (Wildman–Crippen MR) is 89.5 cm³/mol. The van der Waals surface area contributed by atoms with Crippen LogP contribution in [0.15, 0.2) is 42.5 Å². The highest BCUT2D eigenvalue weighted by molar-refractivity contribution is 7.83. The largest absolute Gasteiger partial charge is 0.497 e. The smallest absolute Gasteiger partial charge is 0.119 e. The molecule has 1 atom stereocenters. The predicted octanol–water partition coefficient (Wildman–Crippen LogP) is 3.84. The number of ether oxygens (including phenoxy) is 1. The highest BCUT2D eigenvalue weighted by atomic mass is 35.5. The number of anilines is 1. The molecule has 112 valence electrons. The van der Waals surface area contributed by atoms with E-state index in [0.717, 1.165) is 22.6 Å². The molecule has 0 aliphatic rings. The average molecular weight is 324 g/mol. The normalized spacial score (nSPS) is 12.0. The van der Waals surface area contributed by atoms with Crippen LogP contribution in [0.2, 0.25) is 5.02 Å². The Kier molecular flexibility index (Phi) is 5.65. The number of benzene rings is 2. The first-order valence-electron chi connectivity index (χ1n) is 6.54. The molecule has 0 saturated carbocycles. The van der Waals surface area contributed by atoms with Gasteiger partial charge in [-0.15, -0.1) is 0 Å². The molecule has 0 bridgehead atoms. The Balaban J connectivity index is 2.07. The lowest BCUT2D eigenvalue weighted by molar-refractivity contribution is 0.414. The van der Waals surface area contributed by atoms with Gasteiger partial charge in [0, 0.05) is 40.1 Å². The van der Waals surface area contributed by atoms with Crippen molar-refractivity contribution in [1.82, 2.24) is 0 Å². The average Bonchev–Trinajstić information content (AvgIpc) is 2.48. The molecule has 2 aromatic carbocycles. The molecule has 0 saturated heterocycles. The number of nitrogens with one attached hydrogen (secondary N) is 1. The highest BCUT2D eigenvalue weighted by Crippen LogP contribution is 2.22. The summed E-state index contributed by atoms with van der Waals surface area (Å²) in [6.07, 6.45) is 1.67. The first-order chi connectivity index (χ1) is 10.1. The SMILES string of the molecule is COc1cccc(CNc2ccc(Cl)c(CS(C)=O)c2)c1. The standard InChI is InChI=1S/C16H18ClNO2S/c1-20-15-5-3-4-12(8-15)10-18-14-6-7-16(17)13(9-14)11-21(2)19/h3-9,18H,10-11H2,1-2H3. The molecule has 0 amide bonds. The second kappa shape index (κ2) is 7.48. The van der Waals surface area contributed by atoms with Gasteiger partial charge in [0.1, 0.15) is 5.75 Å². The second-order valence-corrected chi connectivity index (χ2v) is 6.57. The van der Waals surface area contributed by atoms with Crippen molar-refractivity contribution in [3.63, 3.8) is 0 Å². The molecule has 21 heavy (non-hydrogen) atoms. The maximum Gasteiger partial charge on any atom is 0.119 e. The van der Waals surface area contributed by atoms with Crippen LogP contribution in [-0.2, 0) is 23.1 Å². The third-order valence-corrected chi connectivity index (χ3v) is 4.12. The van der Waals surface area contributed by atoms with E-state index in [4.69, 9.17) is 16.3 Å². The molecule has 0 heterocycles. The van der Waals surface area contributed by atoms with Crippen molar-refractivity contribution >= 4 is 28.1 Å². The Morgan fingerprint density at radius 1 is 1.24 bits per heavy atom. The van der Waals surface area contributed by atoms with Crippen molar-refractivity contribution < 1.29 is 8.95 Å². The second-order valence-electron chi connectivity index (χ2n) is 4.73. The molecule has 0 aromatic heterocycles. The summed E-state index contributed by atoms with van der Waals surface area (Å²) < 4.78 is 16.6. The van der Waals surface area contributed by atoms with Crippen molar-refractivity contribution in [3.8, 4) is 5.75 Å². The summed E-state index contributed by atoms with van der Waals surface area (Å²) in [4.78, 5) is 0. The van der Waals surface area contributed by atoms with E-state index in [9.17, 15) is 4.21 Å². The molecule has 0 radical (unpaired) electrons. The molecule has 0 aliphatic carbocycles. The van der Waals surface area contributed by atoms with Gasteiger partial charge in [-0.2, -0.15) is 0 Å². The summed E-state index contributed by atoms with van der Waals surface area (Å²) in [5, 5.41) is 3.99. The van der Waals surface area contributed by atoms with Crippen molar-refractivity contribution in [2.24, 2.45) is 0 Å². The minimum atomic E-state index is -0.908. The third-order valence-electron chi connectivity index (χ3n) is 3.04. The Labute approximate surface area is 132 Å². The zero-order valence-electron chi connectivity index (χ0n) is 12.1. The van der Waals surface area contributed by atoms with Crippen LogP contribution in [-0.4, -0.2) is 17.6 Å². The van der Waals surface area contributed by atoms with Crippen LogP contribution in [0.4, 0.5) is 5.69 Å². The summed E-state index contributed by atoms with van der Waals surface area (Å²) in [6.45, 7) is 0.688. The third kappa shape index (κ3) is 4.76. The summed E-state index contributed by atoms with van der Waals surface area (Å²) in [7, 11) is 0.748. The van der Waals surface area contributed by atoms with Gasteiger partial charge in [-0.1, -0.05) is 23.7 Å². The van der Waals surface area contributed by atoms with Crippen molar-refractivity contribution in [2.45, 2.75) is 12.3 Å². The maximum absolute atomic E-state index is 11.3. The van der Waals surface area contributed by atoms with Gasteiger partial charge in [0.25, 0.3) is 0 Å². The fourth-order valence-electron chi connectivity index (χ4n) is 2.00. The van der Waals surface area contributed by atoms with Gasteiger partial charge in [0.15, 0.2) is 0 Å². The zero-order valence-corrected chi connectivity index (χ0v) is 13.6. The minimum Gasteiger partial charge on any atom is -0.497 e. The Bertz CT molecular complexity index is 646. The van der Waals surface area contributed by atoms with Gasteiger partial charge in [0.05, 0.1) is 7.11 Å². The van der Waals surface area contributed by atoms with E-state index in [1.54, 1.807) is 13.4 Å².